The van der Waals surface area contributed by atoms with Crippen molar-refractivity contribution in [3.05, 3.63) is 34.5 Å². The maximum atomic E-state index is 12.6. The third kappa shape index (κ3) is 7.05. The van der Waals surface area contributed by atoms with E-state index in [4.69, 9.17) is 13.7 Å². The summed E-state index contributed by atoms with van der Waals surface area (Å²) in [5.74, 6) is 0.596. The van der Waals surface area contributed by atoms with E-state index in [0.717, 1.165) is 0 Å². The minimum Gasteiger partial charge on any atom is -0.543 e. The zero-order valence-corrected chi connectivity index (χ0v) is 24.9. The van der Waals surface area contributed by atoms with Crippen molar-refractivity contribution >= 4 is 32.0 Å². The topological polar surface area (TPSA) is 144 Å². The number of nitrogens with zero attached hydrogens (tertiary/aromatic N) is 2. The minimum absolute atomic E-state index is 0.00845. The van der Waals surface area contributed by atoms with Crippen LogP contribution < -0.4 is 14.5 Å². The van der Waals surface area contributed by atoms with E-state index in [1.54, 1.807) is 19.9 Å². The smallest absolute Gasteiger partial charge is 0.336 e. The summed E-state index contributed by atoms with van der Waals surface area (Å²) in [6.07, 6.45) is 0.408. The lowest BCUT2D eigenvalue weighted by Gasteiger charge is -2.43. The van der Waals surface area contributed by atoms with Crippen molar-refractivity contribution in [2.45, 2.75) is 71.5 Å². The number of hydrogen-bond donors (Lipinski definition) is 3. The highest BCUT2D eigenvalue weighted by Gasteiger charge is 2.46. The molecule has 0 aliphatic rings. The summed E-state index contributed by atoms with van der Waals surface area (Å²) in [5.41, 5.74) is 0.724. The Morgan fingerprint density at radius 1 is 1.24 bits per heavy atom. The first kappa shape index (κ1) is 30.6. The second kappa shape index (κ2) is 12.3. The van der Waals surface area contributed by atoms with Crippen LogP contribution in [0.25, 0.3) is 0 Å². The number of carbonyl (C=O) groups is 2. The zero-order chi connectivity index (χ0) is 28.1. The highest BCUT2D eigenvalue weighted by molar-refractivity contribution is 7.99. The van der Waals surface area contributed by atoms with Crippen molar-refractivity contribution in [1.29, 1.82) is 0 Å². The second-order valence-electron chi connectivity index (χ2n) is 10.2. The lowest BCUT2D eigenvalue weighted by molar-refractivity contribution is -0.124. The average Bonchev–Trinajstić information content (AvgIpc) is 3.23. The van der Waals surface area contributed by atoms with Crippen molar-refractivity contribution in [3.63, 3.8) is 0 Å². The summed E-state index contributed by atoms with van der Waals surface area (Å²) in [4.78, 5) is 29.1. The molecule has 12 heteroatoms. The standard InChI is InChI=1S/C25H39N3O7SSi/c1-14(2)25(5,6)37(8,9)35-18-12-17(33-7)15(3)21(24(31)32)22(18)23(27-19(30)13-29)36-11-10-20-26-16(4)28-34-20/h12,14,23,29H,10-11,13H2,1-9H3,(H,27,30)(H,31,32)/t23-/m1/s1. The first-order chi connectivity index (χ1) is 17.2. The molecule has 0 unspecified atom stereocenters. The number of carboxylic acids is 1. The third-order valence-electron chi connectivity index (χ3n) is 7.20. The predicted molar refractivity (Wildman–Crippen MR) is 145 cm³/mol. The quantitative estimate of drug-likeness (QED) is 0.240. The van der Waals surface area contributed by atoms with E-state index in [-0.39, 0.29) is 10.6 Å². The van der Waals surface area contributed by atoms with Gasteiger partial charge in [0, 0.05) is 29.4 Å². The van der Waals surface area contributed by atoms with Crippen LogP contribution in [0.2, 0.25) is 18.1 Å². The van der Waals surface area contributed by atoms with Gasteiger partial charge in [-0.3, -0.25) is 4.79 Å². The number of carbonyl (C=O) groups excluding carboxylic acids is 1. The van der Waals surface area contributed by atoms with E-state index in [0.29, 0.717) is 52.4 Å². The molecular weight excluding hydrogens is 514 g/mol. The van der Waals surface area contributed by atoms with E-state index in [1.165, 1.54) is 18.9 Å². The van der Waals surface area contributed by atoms with Crippen LogP contribution in [0.1, 0.15) is 66.3 Å². The zero-order valence-electron chi connectivity index (χ0n) is 23.1. The summed E-state index contributed by atoms with van der Waals surface area (Å²) < 4.78 is 17.4. The molecule has 3 N–H and O–H groups in total. The largest absolute Gasteiger partial charge is 0.543 e. The summed E-state index contributed by atoms with van der Waals surface area (Å²) in [6.45, 7) is 15.4. The normalized spacial score (nSPS) is 12.9. The van der Waals surface area contributed by atoms with Gasteiger partial charge in [-0.25, -0.2) is 4.79 Å². The number of nitrogens with one attached hydrogen (secondary N) is 1. The summed E-state index contributed by atoms with van der Waals surface area (Å²) in [5, 5.41) is 25.3. The molecule has 0 fully saturated rings. The van der Waals surface area contributed by atoms with Crippen LogP contribution >= 0.6 is 11.8 Å². The van der Waals surface area contributed by atoms with Crippen LogP contribution in [0.5, 0.6) is 11.5 Å². The van der Waals surface area contributed by atoms with Gasteiger partial charge in [-0.15, -0.1) is 11.8 Å². The Bertz CT molecular complexity index is 1120. The molecule has 0 bridgehead atoms. The molecule has 0 saturated carbocycles. The molecular formula is C25H39N3O7SSi. The number of thioether (sulfide) groups is 1. The highest BCUT2D eigenvalue weighted by atomic mass is 32.2. The van der Waals surface area contributed by atoms with Crippen molar-refractivity contribution in [1.82, 2.24) is 15.5 Å². The molecule has 37 heavy (non-hydrogen) atoms. The maximum Gasteiger partial charge on any atom is 0.336 e. The third-order valence-corrected chi connectivity index (χ3v) is 12.7. The number of carboxylic acid groups (broad SMARTS) is 1. The van der Waals surface area contributed by atoms with E-state index in [2.05, 4.69) is 56.2 Å². The van der Waals surface area contributed by atoms with Gasteiger partial charge >= 0.3 is 5.97 Å². The fourth-order valence-electron chi connectivity index (χ4n) is 3.78. The van der Waals surface area contributed by atoms with E-state index in [1.807, 2.05) is 0 Å². The van der Waals surface area contributed by atoms with Gasteiger partial charge in [0.2, 0.25) is 11.8 Å². The molecule has 10 nitrogen and oxygen atoms in total. The average molecular weight is 554 g/mol. The number of aliphatic hydroxyl groups is 1. The Balaban J connectivity index is 2.67. The van der Waals surface area contributed by atoms with Crippen molar-refractivity contribution in [2.24, 2.45) is 5.92 Å². The minimum atomic E-state index is -2.51. The molecule has 1 amide bonds. The summed E-state index contributed by atoms with van der Waals surface area (Å²) >= 11 is 1.29. The first-order valence-corrected chi connectivity index (χ1v) is 16.1. The van der Waals surface area contributed by atoms with Gasteiger partial charge in [0.25, 0.3) is 8.32 Å². The van der Waals surface area contributed by atoms with Crippen LogP contribution in [0.3, 0.4) is 0 Å². The molecule has 0 spiro atoms. The molecule has 1 atom stereocenters. The Labute approximate surface area is 223 Å². The number of aryl methyl sites for hydroxylation is 2. The second-order valence-corrected chi connectivity index (χ2v) is 16.0. The first-order valence-electron chi connectivity index (χ1n) is 12.1. The molecule has 0 aliphatic carbocycles. The van der Waals surface area contributed by atoms with Crippen molar-refractivity contribution in [3.8, 4) is 11.5 Å². The fraction of sp³-hybridized carbons (Fsp3) is 0.600. The van der Waals surface area contributed by atoms with Crippen molar-refractivity contribution in [2.75, 3.05) is 19.5 Å². The van der Waals surface area contributed by atoms with Gasteiger partial charge in [-0.05, 0) is 37.9 Å². The number of methoxy groups -OCH3 is 1. The van der Waals surface area contributed by atoms with Crippen LogP contribution in [0.4, 0.5) is 0 Å². The Hall–Kier alpha value is -2.57. The molecule has 2 aromatic rings. The molecule has 2 rings (SSSR count). The van der Waals surface area contributed by atoms with E-state index < -0.39 is 32.2 Å². The summed E-state index contributed by atoms with van der Waals surface area (Å²) in [6, 6.07) is 1.70. The molecule has 0 aliphatic heterocycles. The maximum absolute atomic E-state index is 12.6. The number of rotatable bonds is 13. The number of hydrogen-bond acceptors (Lipinski definition) is 9. The van der Waals surface area contributed by atoms with E-state index >= 15 is 0 Å². The molecule has 1 aromatic heterocycles. The molecule has 1 aromatic carbocycles. The molecule has 206 valence electrons. The molecule has 1 heterocycles. The van der Waals surface area contributed by atoms with Gasteiger partial charge in [-0.2, -0.15) is 4.98 Å². The molecule has 0 saturated heterocycles. The number of amides is 1. The van der Waals surface area contributed by atoms with Gasteiger partial charge in [-0.1, -0.05) is 32.9 Å². The number of ether oxygens (including phenoxy) is 1. The van der Waals surface area contributed by atoms with Crippen LogP contribution in [-0.4, -0.2) is 60.0 Å². The summed E-state index contributed by atoms with van der Waals surface area (Å²) in [7, 11) is -1.03. The lowest BCUT2D eigenvalue weighted by atomic mass is 9.99. The molecule has 0 radical (unpaired) electrons. The van der Waals surface area contributed by atoms with Crippen LogP contribution in [0.15, 0.2) is 10.6 Å². The monoisotopic (exact) mass is 553 g/mol. The number of aliphatic hydroxyl groups excluding tert-OH is 1. The van der Waals surface area contributed by atoms with E-state index in [9.17, 15) is 19.8 Å². The highest BCUT2D eigenvalue weighted by Crippen LogP contribution is 2.48. The van der Waals surface area contributed by atoms with Gasteiger partial charge in [0.05, 0.1) is 12.7 Å². The number of benzene rings is 1. The number of aromatic nitrogens is 2. The Kier molecular flexibility index (Phi) is 10.2. The fourth-order valence-corrected chi connectivity index (χ4v) is 7.30. The number of aromatic carboxylic acids is 1. The van der Waals surface area contributed by atoms with Crippen molar-refractivity contribution < 1.29 is 33.5 Å². The SMILES string of the molecule is COc1cc(O[Si](C)(C)C(C)(C)C(C)C)c([C@H](NC(=O)CO)SCCc2nc(C)no2)c(C(=O)O)c1C. The van der Waals surface area contributed by atoms with Gasteiger partial charge in [0.1, 0.15) is 23.5 Å². The Morgan fingerprint density at radius 3 is 2.38 bits per heavy atom. The van der Waals surface area contributed by atoms with Crippen LogP contribution in [-0.2, 0) is 11.2 Å². The Morgan fingerprint density at radius 2 is 1.89 bits per heavy atom. The lowest BCUT2D eigenvalue weighted by Crippen LogP contribution is -2.48. The predicted octanol–water partition coefficient (Wildman–Crippen LogP) is 4.50. The van der Waals surface area contributed by atoms with Gasteiger partial charge < -0.3 is 29.2 Å². The van der Waals surface area contributed by atoms with Crippen LogP contribution in [0, 0.1) is 19.8 Å². The van der Waals surface area contributed by atoms with Gasteiger partial charge in [0.15, 0.2) is 5.82 Å².